The van der Waals surface area contributed by atoms with Gasteiger partial charge in [-0.2, -0.15) is 5.10 Å². The Labute approximate surface area is 138 Å². The zero-order valence-electron chi connectivity index (χ0n) is 13.6. The van der Waals surface area contributed by atoms with E-state index in [1.54, 1.807) is 0 Å². The molecule has 0 aliphatic heterocycles. The summed E-state index contributed by atoms with van der Waals surface area (Å²) < 4.78 is 0. The number of thiocarbonyl (C=S) groups is 1. The van der Waals surface area contributed by atoms with Crippen molar-refractivity contribution in [2.45, 2.75) is 46.1 Å². The third-order valence-electron chi connectivity index (χ3n) is 4.68. The molecule has 1 aliphatic rings. The number of rotatable bonds is 3. The van der Waals surface area contributed by atoms with E-state index in [1.165, 1.54) is 19.3 Å². The van der Waals surface area contributed by atoms with E-state index in [4.69, 9.17) is 18.0 Å². The van der Waals surface area contributed by atoms with Crippen LogP contribution in [0.5, 0.6) is 0 Å². The van der Waals surface area contributed by atoms with Gasteiger partial charge in [-0.1, -0.05) is 38.8 Å². The second-order valence-corrected chi connectivity index (χ2v) is 6.69. The van der Waals surface area contributed by atoms with E-state index >= 15 is 0 Å². The first-order valence-electron chi connectivity index (χ1n) is 7.94. The highest BCUT2D eigenvalue weighted by molar-refractivity contribution is 7.80. The number of anilines is 1. The molecule has 0 amide bonds. The molecule has 4 N–H and O–H groups in total. The van der Waals surface area contributed by atoms with Crippen molar-refractivity contribution >= 4 is 28.7 Å². The fourth-order valence-electron chi connectivity index (χ4n) is 2.91. The largest absolute Gasteiger partial charge is 0.399 e. The Balaban J connectivity index is 1.89. The highest BCUT2D eigenvalue weighted by Gasteiger charge is 2.27. The van der Waals surface area contributed by atoms with Crippen LogP contribution < -0.4 is 16.5 Å². The molecule has 0 aromatic heterocycles. The van der Waals surface area contributed by atoms with Gasteiger partial charge < -0.3 is 11.1 Å². The lowest BCUT2D eigenvalue weighted by molar-refractivity contribution is 0.224. The monoisotopic (exact) mass is 318 g/mol. The van der Waals surface area contributed by atoms with Gasteiger partial charge in [0.2, 0.25) is 0 Å². The molecule has 4 nitrogen and oxygen atoms in total. The Kier molecular flexibility index (Phi) is 5.77. The van der Waals surface area contributed by atoms with Crippen molar-refractivity contribution in [3.05, 3.63) is 29.8 Å². The third-order valence-corrected chi connectivity index (χ3v) is 4.89. The van der Waals surface area contributed by atoms with Crippen LogP contribution in [0, 0.1) is 11.8 Å². The van der Waals surface area contributed by atoms with Crippen molar-refractivity contribution in [2.75, 3.05) is 5.73 Å². The van der Waals surface area contributed by atoms with E-state index in [0.29, 0.717) is 17.1 Å². The van der Waals surface area contributed by atoms with Crippen LogP contribution in [0.3, 0.4) is 0 Å². The lowest BCUT2D eigenvalue weighted by Gasteiger charge is -2.35. The standard InChI is InChI=1S/C17H26N4S/c1-11-5-4-6-16(12(11)2)19-17(22)21-20-13(3)14-7-9-15(18)10-8-14/h7-12,16H,4-6,18H2,1-3H3,(H2,19,21,22)/b20-13-/t11-,12-,16-/m1/s1. The summed E-state index contributed by atoms with van der Waals surface area (Å²) in [5, 5.41) is 8.36. The van der Waals surface area contributed by atoms with E-state index in [0.717, 1.165) is 22.9 Å². The van der Waals surface area contributed by atoms with Gasteiger partial charge in [0.05, 0.1) is 5.71 Å². The summed E-state index contributed by atoms with van der Waals surface area (Å²) in [6.45, 7) is 6.57. The van der Waals surface area contributed by atoms with Crippen LogP contribution in [0.2, 0.25) is 0 Å². The van der Waals surface area contributed by atoms with E-state index in [-0.39, 0.29) is 0 Å². The van der Waals surface area contributed by atoms with Gasteiger partial charge in [0.25, 0.3) is 0 Å². The first kappa shape index (κ1) is 16.7. The summed E-state index contributed by atoms with van der Waals surface area (Å²) in [6, 6.07) is 8.09. The van der Waals surface area contributed by atoms with Crippen molar-refractivity contribution in [1.29, 1.82) is 0 Å². The molecular weight excluding hydrogens is 292 g/mol. The van der Waals surface area contributed by atoms with Crippen LogP contribution in [-0.4, -0.2) is 16.9 Å². The van der Waals surface area contributed by atoms with Crippen LogP contribution in [0.4, 0.5) is 5.69 Å². The van der Waals surface area contributed by atoms with Crippen molar-refractivity contribution < 1.29 is 0 Å². The SMILES string of the molecule is C/C(=N/NC(=S)N[C@@H]1CCC[C@@H](C)[C@H]1C)c1ccc(N)cc1. The second-order valence-electron chi connectivity index (χ2n) is 6.28. The molecule has 0 unspecified atom stereocenters. The molecule has 0 radical (unpaired) electrons. The average Bonchev–Trinajstić information content (AvgIpc) is 2.50. The lowest BCUT2D eigenvalue weighted by atomic mass is 9.78. The first-order chi connectivity index (χ1) is 10.5. The van der Waals surface area contributed by atoms with E-state index < -0.39 is 0 Å². The van der Waals surface area contributed by atoms with E-state index in [2.05, 4.69) is 29.7 Å². The van der Waals surface area contributed by atoms with Gasteiger partial charge in [0, 0.05) is 11.7 Å². The second kappa shape index (κ2) is 7.58. The number of nitrogen functional groups attached to an aromatic ring is 1. The Morgan fingerprint density at radius 2 is 1.91 bits per heavy atom. The normalized spacial score (nSPS) is 25.6. The van der Waals surface area contributed by atoms with Crippen LogP contribution in [0.15, 0.2) is 29.4 Å². The summed E-state index contributed by atoms with van der Waals surface area (Å²) in [4.78, 5) is 0. The molecule has 1 saturated carbocycles. The molecule has 1 aromatic carbocycles. The number of hydrogen-bond donors (Lipinski definition) is 3. The first-order valence-corrected chi connectivity index (χ1v) is 8.35. The average molecular weight is 318 g/mol. The van der Waals surface area contributed by atoms with Crippen LogP contribution in [0.1, 0.15) is 45.6 Å². The summed E-state index contributed by atoms with van der Waals surface area (Å²) in [6.07, 6.45) is 3.75. The minimum absolute atomic E-state index is 0.441. The molecule has 1 fully saturated rings. The van der Waals surface area contributed by atoms with Gasteiger partial charge in [0.1, 0.15) is 0 Å². The summed E-state index contributed by atoms with van der Waals surface area (Å²) >= 11 is 5.37. The zero-order chi connectivity index (χ0) is 16.1. The highest BCUT2D eigenvalue weighted by Crippen LogP contribution is 2.29. The summed E-state index contributed by atoms with van der Waals surface area (Å²) in [5.41, 5.74) is 11.3. The van der Waals surface area contributed by atoms with Crippen molar-refractivity contribution in [1.82, 2.24) is 10.7 Å². The van der Waals surface area contributed by atoms with Gasteiger partial charge in [-0.25, -0.2) is 0 Å². The molecule has 0 bridgehead atoms. The maximum Gasteiger partial charge on any atom is 0.187 e. The zero-order valence-corrected chi connectivity index (χ0v) is 14.4. The number of nitrogens with two attached hydrogens (primary N) is 1. The number of nitrogens with zero attached hydrogens (tertiary/aromatic N) is 1. The number of benzene rings is 1. The molecular formula is C17H26N4S. The van der Waals surface area contributed by atoms with Crippen molar-refractivity contribution in [2.24, 2.45) is 16.9 Å². The predicted octanol–water partition coefficient (Wildman–Crippen LogP) is 3.28. The van der Waals surface area contributed by atoms with E-state index in [9.17, 15) is 0 Å². The van der Waals surface area contributed by atoms with Gasteiger partial charge in [-0.3, -0.25) is 5.43 Å². The molecule has 1 aromatic rings. The fraction of sp³-hybridized carbons (Fsp3) is 0.529. The van der Waals surface area contributed by atoms with Crippen LogP contribution >= 0.6 is 12.2 Å². The molecule has 3 atom stereocenters. The Hall–Kier alpha value is -1.62. The fourth-order valence-corrected chi connectivity index (χ4v) is 3.11. The quantitative estimate of drug-likeness (QED) is 0.346. The van der Waals surface area contributed by atoms with Crippen molar-refractivity contribution in [3.8, 4) is 0 Å². The lowest BCUT2D eigenvalue weighted by Crippen LogP contribution is -2.46. The topological polar surface area (TPSA) is 62.4 Å². The van der Waals surface area contributed by atoms with Gasteiger partial charge in [-0.05, 0) is 55.1 Å². The predicted molar refractivity (Wildman–Crippen MR) is 97.9 cm³/mol. The van der Waals surface area contributed by atoms with Gasteiger partial charge >= 0.3 is 0 Å². The van der Waals surface area contributed by atoms with Crippen LogP contribution in [-0.2, 0) is 0 Å². The number of hydrogen-bond acceptors (Lipinski definition) is 3. The van der Waals surface area contributed by atoms with Crippen LogP contribution in [0.25, 0.3) is 0 Å². The summed E-state index contributed by atoms with van der Waals surface area (Å²) in [7, 11) is 0. The maximum absolute atomic E-state index is 5.69. The Morgan fingerprint density at radius 3 is 2.59 bits per heavy atom. The molecule has 2 rings (SSSR count). The molecule has 120 valence electrons. The molecule has 0 saturated heterocycles. The molecule has 5 heteroatoms. The number of hydrazone groups is 1. The molecule has 0 spiro atoms. The molecule has 0 heterocycles. The third kappa shape index (κ3) is 4.44. The van der Waals surface area contributed by atoms with Gasteiger partial charge in [0.15, 0.2) is 5.11 Å². The van der Waals surface area contributed by atoms with Crippen molar-refractivity contribution in [3.63, 3.8) is 0 Å². The molecule has 22 heavy (non-hydrogen) atoms. The minimum Gasteiger partial charge on any atom is -0.399 e. The smallest absolute Gasteiger partial charge is 0.187 e. The number of nitrogens with one attached hydrogen (secondary N) is 2. The Morgan fingerprint density at radius 1 is 1.23 bits per heavy atom. The molecule has 1 aliphatic carbocycles. The Bertz CT molecular complexity index is 538. The summed E-state index contributed by atoms with van der Waals surface area (Å²) in [5.74, 6) is 1.38. The van der Waals surface area contributed by atoms with Gasteiger partial charge in [-0.15, -0.1) is 0 Å². The van der Waals surface area contributed by atoms with E-state index in [1.807, 2.05) is 31.2 Å². The highest BCUT2D eigenvalue weighted by atomic mass is 32.1. The maximum atomic E-state index is 5.69. The minimum atomic E-state index is 0.441.